The largest absolute Gasteiger partial charge is 0.508 e. The van der Waals surface area contributed by atoms with Crippen molar-refractivity contribution in [3.05, 3.63) is 113 Å². The molecule has 0 aliphatic rings. The molecule has 0 bridgehead atoms. The lowest BCUT2D eigenvalue weighted by Gasteiger charge is -2.23. The molecule has 3 heteroatoms. The van der Waals surface area contributed by atoms with E-state index >= 15 is 0 Å². The molecule has 0 saturated carbocycles. The Bertz CT molecular complexity index is 1450. The van der Waals surface area contributed by atoms with Crippen molar-refractivity contribution in [3.63, 3.8) is 0 Å². The van der Waals surface area contributed by atoms with Crippen LogP contribution >= 0.6 is 0 Å². The summed E-state index contributed by atoms with van der Waals surface area (Å²) in [5.41, 5.74) is 4.07. The highest BCUT2D eigenvalue weighted by Crippen LogP contribution is 2.38. The monoisotopic (exact) mass is 462 g/mol. The fourth-order valence-corrected chi connectivity index (χ4v) is 4.86. The molecule has 0 fully saturated rings. The highest BCUT2D eigenvalue weighted by Gasteiger charge is 2.21. The van der Waals surface area contributed by atoms with Crippen molar-refractivity contribution >= 4 is 21.5 Å². The van der Waals surface area contributed by atoms with Crippen LogP contribution in [0.5, 0.6) is 17.2 Å². The molecular formula is C32H30O3. The summed E-state index contributed by atoms with van der Waals surface area (Å²) in [4.78, 5) is 0. The summed E-state index contributed by atoms with van der Waals surface area (Å²) in [5.74, 6) is 0.646. The number of hydrogen-bond donors (Lipinski definition) is 3. The van der Waals surface area contributed by atoms with Gasteiger partial charge in [-0.05, 0) is 55.8 Å². The van der Waals surface area contributed by atoms with Crippen LogP contribution in [-0.2, 0) is 18.3 Å². The molecule has 0 atom stereocenters. The van der Waals surface area contributed by atoms with Crippen molar-refractivity contribution in [2.45, 2.75) is 39.0 Å². The van der Waals surface area contributed by atoms with Gasteiger partial charge in [0.2, 0.25) is 0 Å². The van der Waals surface area contributed by atoms with Crippen LogP contribution in [0.25, 0.3) is 21.5 Å². The van der Waals surface area contributed by atoms with Crippen LogP contribution < -0.4 is 0 Å². The van der Waals surface area contributed by atoms with Gasteiger partial charge < -0.3 is 15.3 Å². The molecule has 0 aliphatic heterocycles. The van der Waals surface area contributed by atoms with E-state index in [0.29, 0.717) is 12.8 Å². The van der Waals surface area contributed by atoms with Crippen molar-refractivity contribution in [2.24, 2.45) is 0 Å². The topological polar surface area (TPSA) is 60.7 Å². The predicted molar refractivity (Wildman–Crippen MR) is 144 cm³/mol. The predicted octanol–water partition coefficient (Wildman–Crippen LogP) is 7.59. The van der Waals surface area contributed by atoms with Gasteiger partial charge in [-0.15, -0.1) is 0 Å². The highest BCUT2D eigenvalue weighted by molar-refractivity contribution is 5.89. The van der Waals surface area contributed by atoms with Crippen LogP contribution in [0, 0.1) is 0 Å². The van der Waals surface area contributed by atoms with Gasteiger partial charge in [-0.25, -0.2) is 0 Å². The highest BCUT2D eigenvalue weighted by atomic mass is 16.3. The Hall–Kier alpha value is -3.98. The zero-order chi connectivity index (χ0) is 24.7. The third-order valence-electron chi connectivity index (χ3n) is 6.90. The molecule has 0 saturated heterocycles. The summed E-state index contributed by atoms with van der Waals surface area (Å²) < 4.78 is 0. The molecule has 0 radical (unpaired) electrons. The molecule has 0 aromatic heterocycles. The Balaban J connectivity index is 1.67. The number of rotatable bonds is 4. The fourth-order valence-electron chi connectivity index (χ4n) is 4.86. The molecule has 5 aromatic rings. The van der Waals surface area contributed by atoms with E-state index in [0.717, 1.165) is 49.4 Å². The van der Waals surface area contributed by atoms with Gasteiger partial charge in [-0.3, -0.25) is 0 Å². The van der Waals surface area contributed by atoms with E-state index in [-0.39, 0.29) is 22.7 Å². The lowest BCUT2D eigenvalue weighted by molar-refractivity contribution is 0.456. The Kier molecular flexibility index (Phi) is 5.64. The number of hydrogen-bond acceptors (Lipinski definition) is 3. The first-order valence-corrected chi connectivity index (χ1v) is 12.0. The molecule has 176 valence electrons. The molecule has 0 aliphatic carbocycles. The molecule has 5 aromatic carbocycles. The average Bonchev–Trinajstić information content (AvgIpc) is 2.84. The summed E-state index contributed by atoms with van der Waals surface area (Å²) in [6, 6.07) is 27.3. The van der Waals surface area contributed by atoms with Crippen LogP contribution in [-0.4, -0.2) is 15.3 Å². The molecule has 3 nitrogen and oxygen atoms in total. The quantitative estimate of drug-likeness (QED) is 0.258. The van der Waals surface area contributed by atoms with Crippen molar-refractivity contribution in [1.82, 2.24) is 0 Å². The Morgan fingerprint density at radius 2 is 1.00 bits per heavy atom. The van der Waals surface area contributed by atoms with Gasteiger partial charge in [-0.1, -0.05) is 93.6 Å². The van der Waals surface area contributed by atoms with Crippen molar-refractivity contribution in [3.8, 4) is 17.2 Å². The van der Waals surface area contributed by atoms with Crippen LogP contribution in [0.4, 0.5) is 0 Å². The maximum atomic E-state index is 11.5. The Morgan fingerprint density at radius 3 is 1.43 bits per heavy atom. The van der Waals surface area contributed by atoms with E-state index in [1.165, 1.54) is 0 Å². The first-order chi connectivity index (χ1) is 16.7. The Labute approximate surface area is 205 Å². The van der Waals surface area contributed by atoms with Crippen LogP contribution in [0.2, 0.25) is 0 Å². The lowest BCUT2D eigenvalue weighted by Crippen LogP contribution is -2.13. The third kappa shape index (κ3) is 4.30. The second-order valence-corrected chi connectivity index (χ2v) is 10.3. The molecule has 3 N–H and O–H groups in total. The maximum absolute atomic E-state index is 11.5. The minimum atomic E-state index is -0.140. The van der Waals surface area contributed by atoms with Gasteiger partial charge >= 0.3 is 0 Å². The molecule has 5 rings (SSSR count). The van der Waals surface area contributed by atoms with Crippen LogP contribution in [0.1, 0.15) is 48.6 Å². The summed E-state index contributed by atoms with van der Waals surface area (Å²) in [5, 5.41) is 37.0. The molecule has 0 amide bonds. The van der Waals surface area contributed by atoms with Gasteiger partial charge in [0.15, 0.2) is 0 Å². The normalized spacial score (nSPS) is 11.9. The van der Waals surface area contributed by atoms with Crippen molar-refractivity contribution < 1.29 is 15.3 Å². The second kappa shape index (κ2) is 8.66. The minimum absolute atomic E-state index is 0.140. The first kappa shape index (κ1) is 22.8. The number of fused-ring (bicyclic) bond motifs is 2. The van der Waals surface area contributed by atoms with E-state index in [2.05, 4.69) is 20.8 Å². The lowest BCUT2D eigenvalue weighted by atomic mass is 9.82. The zero-order valence-corrected chi connectivity index (χ0v) is 20.3. The average molecular weight is 463 g/mol. The van der Waals surface area contributed by atoms with E-state index in [9.17, 15) is 15.3 Å². The number of aromatic hydroxyl groups is 3. The molecule has 35 heavy (non-hydrogen) atoms. The summed E-state index contributed by atoms with van der Waals surface area (Å²) in [6.07, 6.45) is 0.801. The Morgan fingerprint density at radius 1 is 0.571 bits per heavy atom. The van der Waals surface area contributed by atoms with Crippen molar-refractivity contribution in [2.75, 3.05) is 0 Å². The number of benzene rings is 5. The van der Waals surface area contributed by atoms with Gasteiger partial charge in [-0.2, -0.15) is 0 Å². The number of phenols is 3. The maximum Gasteiger partial charge on any atom is 0.122 e. The summed E-state index contributed by atoms with van der Waals surface area (Å²) >= 11 is 0. The van der Waals surface area contributed by atoms with E-state index in [1.807, 2.05) is 72.8 Å². The van der Waals surface area contributed by atoms with Crippen LogP contribution in [0.3, 0.4) is 0 Å². The summed E-state index contributed by atoms with van der Waals surface area (Å²) in [6.45, 7) is 6.45. The van der Waals surface area contributed by atoms with E-state index in [1.54, 1.807) is 12.1 Å². The van der Waals surface area contributed by atoms with Gasteiger partial charge in [0.05, 0.1) is 0 Å². The molecule has 0 spiro atoms. The van der Waals surface area contributed by atoms with Gasteiger partial charge in [0.25, 0.3) is 0 Å². The van der Waals surface area contributed by atoms with Crippen molar-refractivity contribution in [1.29, 1.82) is 0 Å². The molecule has 0 heterocycles. The van der Waals surface area contributed by atoms with Gasteiger partial charge in [0.1, 0.15) is 17.2 Å². The minimum Gasteiger partial charge on any atom is -0.508 e. The number of phenolic OH excluding ortho intramolecular Hbond substituents is 3. The standard InChI is InChI=1S/C32H30O3/c1-32(2,3)24-16-22(18-27-25-10-6-4-8-20(25)12-14-29(27)33)31(35)23(17-24)19-28-26-11-7-5-9-21(26)13-15-30(28)34/h4-17,33-35H,18-19H2,1-3H3. The summed E-state index contributed by atoms with van der Waals surface area (Å²) in [7, 11) is 0. The zero-order valence-electron chi connectivity index (χ0n) is 20.3. The smallest absolute Gasteiger partial charge is 0.122 e. The fraction of sp³-hybridized carbons (Fsp3) is 0.188. The van der Waals surface area contributed by atoms with Gasteiger partial charge in [0, 0.05) is 24.0 Å². The van der Waals surface area contributed by atoms with E-state index in [4.69, 9.17) is 0 Å². The first-order valence-electron chi connectivity index (χ1n) is 12.0. The molecular weight excluding hydrogens is 432 g/mol. The second-order valence-electron chi connectivity index (χ2n) is 10.3. The SMILES string of the molecule is CC(C)(C)c1cc(Cc2c(O)ccc3ccccc23)c(O)c(Cc2c(O)ccc3ccccc23)c1. The third-order valence-corrected chi connectivity index (χ3v) is 6.90. The molecule has 0 unspecified atom stereocenters. The van der Waals surface area contributed by atoms with Crippen LogP contribution in [0.15, 0.2) is 84.9 Å². The van der Waals surface area contributed by atoms with E-state index < -0.39 is 0 Å².